The largest absolute Gasteiger partial charge is 0.369 e. The number of benzene rings is 1. The van der Waals surface area contributed by atoms with E-state index in [1.54, 1.807) is 0 Å². The van der Waals surface area contributed by atoms with Gasteiger partial charge in [-0.05, 0) is 35.2 Å². The number of hydrogen-bond acceptors (Lipinski definition) is 3. The van der Waals surface area contributed by atoms with Crippen molar-refractivity contribution in [3.63, 3.8) is 0 Å². The summed E-state index contributed by atoms with van der Waals surface area (Å²) in [5.41, 5.74) is 2.22. The molecule has 1 N–H and O–H groups in total. The second-order valence-electron chi connectivity index (χ2n) is 5.16. The normalized spacial score (nSPS) is 14.3. The molecule has 3 rings (SSSR count). The fourth-order valence-electron chi connectivity index (χ4n) is 2.17. The summed E-state index contributed by atoms with van der Waals surface area (Å²) in [5.74, 6) is 2.33. The Kier molecular flexibility index (Phi) is 4.01. The standard InChI is InChI=1S/C16H18BrN3/c1-2-10-18-16-13(17)14(11-8-9-11)19-15(20-16)12-6-4-3-5-7-12/h3-7,11H,2,8-10H2,1H3,(H,18,19,20). The van der Waals surface area contributed by atoms with Crippen LogP contribution in [0.25, 0.3) is 11.4 Å². The average Bonchev–Trinajstić information content (AvgIpc) is 3.32. The van der Waals surface area contributed by atoms with E-state index in [0.29, 0.717) is 5.92 Å². The molecule has 1 aromatic heterocycles. The fourth-order valence-corrected chi connectivity index (χ4v) is 2.81. The fraction of sp³-hybridized carbons (Fsp3) is 0.375. The van der Waals surface area contributed by atoms with Crippen LogP contribution in [0.2, 0.25) is 0 Å². The molecule has 0 unspecified atom stereocenters. The summed E-state index contributed by atoms with van der Waals surface area (Å²) in [5, 5.41) is 3.40. The smallest absolute Gasteiger partial charge is 0.161 e. The van der Waals surface area contributed by atoms with Crippen molar-refractivity contribution >= 4 is 21.7 Å². The van der Waals surface area contributed by atoms with Crippen LogP contribution in [0.1, 0.15) is 37.8 Å². The summed E-state index contributed by atoms with van der Waals surface area (Å²) in [6.45, 7) is 3.08. The molecule has 0 saturated heterocycles. The molecule has 1 saturated carbocycles. The van der Waals surface area contributed by atoms with Crippen molar-refractivity contribution < 1.29 is 0 Å². The highest BCUT2D eigenvalue weighted by Gasteiger charge is 2.29. The molecular weight excluding hydrogens is 314 g/mol. The molecule has 0 bridgehead atoms. The van der Waals surface area contributed by atoms with Crippen LogP contribution in [0, 0.1) is 0 Å². The molecule has 104 valence electrons. The third-order valence-electron chi connectivity index (χ3n) is 3.42. The second kappa shape index (κ2) is 5.92. The Morgan fingerprint density at radius 1 is 1.20 bits per heavy atom. The van der Waals surface area contributed by atoms with Gasteiger partial charge in [-0.15, -0.1) is 0 Å². The van der Waals surface area contributed by atoms with Gasteiger partial charge in [0.1, 0.15) is 5.82 Å². The molecule has 20 heavy (non-hydrogen) atoms. The number of hydrogen-bond donors (Lipinski definition) is 1. The quantitative estimate of drug-likeness (QED) is 0.869. The molecule has 0 aliphatic heterocycles. The van der Waals surface area contributed by atoms with Crippen molar-refractivity contribution in [1.29, 1.82) is 0 Å². The van der Waals surface area contributed by atoms with Crippen molar-refractivity contribution in [1.82, 2.24) is 9.97 Å². The van der Waals surface area contributed by atoms with Gasteiger partial charge in [0, 0.05) is 18.0 Å². The van der Waals surface area contributed by atoms with Crippen LogP contribution in [0.4, 0.5) is 5.82 Å². The third kappa shape index (κ3) is 2.85. The number of halogens is 1. The van der Waals surface area contributed by atoms with Gasteiger partial charge in [-0.25, -0.2) is 9.97 Å². The Labute approximate surface area is 128 Å². The summed E-state index contributed by atoms with van der Waals surface area (Å²) >= 11 is 3.67. The molecule has 0 amide bonds. The number of anilines is 1. The SMILES string of the molecule is CCCNc1nc(-c2ccccc2)nc(C2CC2)c1Br. The molecule has 1 aliphatic carbocycles. The molecule has 1 heterocycles. The van der Waals surface area contributed by atoms with Crippen molar-refractivity contribution in [3.05, 3.63) is 40.5 Å². The van der Waals surface area contributed by atoms with Gasteiger partial charge in [-0.1, -0.05) is 37.3 Å². The van der Waals surface area contributed by atoms with Crippen LogP contribution in [0.15, 0.2) is 34.8 Å². The predicted molar refractivity (Wildman–Crippen MR) is 85.9 cm³/mol. The molecule has 4 heteroatoms. The molecule has 0 radical (unpaired) electrons. The monoisotopic (exact) mass is 331 g/mol. The molecule has 1 fully saturated rings. The van der Waals surface area contributed by atoms with Crippen LogP contribution >= 0.6 is 15.9 Å². The van der Waals surface area contributed by atoms with Gasteiger partial charge in [0.15, 0.2) is 5.82 Å². The van der Waals surface area contributed by atoms with Gasteiger partial charge in [0.05, 0.1) is 10.2 Å². The highest BCUT2D eigenvalue weighted by Crippen LogP contribution is 2.44. The first-order valence-corrected chi connectivity index (χ1v) is 7.95. The van der Waals surface area contributed by atoms with Crippen LogP contribution in [-0.4, -0.2) is 16.5 Å². The summed E-state index contributed by atoms with van der Waals surface area (Å²) in [7, 11) is 0. The van der Waals surface area contributed by atoms with Crippen molar-refractivity contribution in [2.45, 2.75) is 32.1 Å². The van der Waals surface area contributed by atoms with Crippen LogP contribution in [0.3, 0.4) is 0 Å². The van der Waals surface area contributed by atoms with Gasteiger partial charge in [-0.2, -0.15) is 0 Å². The van der Waals surface area contributed by atoms with E-state index in [2.05, 4.69) is 45.3 Å². The lowest BCUT2D eigenvalue weighted by atomic mass is 10.2. The number of rotatable bonds is 5. The zero-order valence-electron chi connectivity index (χ0n) is 11.6. The summed E-state index contributed by atoms with van der Waals surface area (Å²) in [6, 6.07) is 10.2. The molecule has 1 aromatic carbocycles. The van der Waals surface area contributed by atoms with Crippen LogP contribution in [-0.2, 0) is 0 Å². The van der Waals surface area contributed by atoms with Crippen molar-refractivity contribution in [3.8, 4) is 11.4 Å². The zero-order valence-corrected chi connectivity index (χ0v) is 13.2. The van der Waals surface area contributed by atoms with E-state index in [9.17, 15) is 0 Å². The number of aromatic nitrogens is 2. The molecular formula is C16H18BrN3. The molecule has 2 aromatic rings. The lowest BCUT2D eigenvalue weighted by molar-refractivity contribution is 0.940. The number of nitrogens with zero attached hydrogens (tertiary/aromatic N) is 2. The highest BCUT2D eigenvalue weighted by atomic mass is 79.9. The average molecular weight is 332 g/mol. The van der Waals surface area contributed by atoms with E-state index < -0.39 is 0 Å². The zero-order chi connectivity index (χ0) is 13.9. The van der Waals surface area contributed by atoms with E-state index in [1.165, 1.54) is 12.8 Å². The molecule has 0 atom stereocenters. The highest BCUT2D eigenvalue weighted by molar-refractivity contribution is 9.10. The van der Waals surface area contributed by atoms with Gasteiger partial charge in [-0.3, -0.25) is 0 Å². The predicted octanol–water partition coefficient (Wildman–Crippen LogP) is 4.61. The van der Waals surface area contributed by atoms with Crippen molar-refractivity contribution in [2.75, 3.05) is 11.9 Å². The van der Waals surface area contributed by atoms with Gasteiger partial charge >= 0.3 is 0 Å². The summed E-state index contributed by atoms with van der Waals surface area (Å²) in [4.78, 5) is 9.46. The van der Waals surface area contributed by atoms with Crippen LogP contribution < -0.4 is 5.32 Å². The van der Waals surface area contributed by atoms with E-state index in [1.807, 2.05) is 18.2 Å². The van der Waals surface area contributed by atoms with Gasteiger partial charge in [0.2, 0.25) is 0 Å². The Hall–Kier alpha value is -1.42. The maximum absolute atomic E-state index is 4.78. The van der Waals surface area contributed by atoms with E-state index in [0.717, 1.165) is 40.3 Å². The first-order valence-electron chi connectivity index (χ1n) is 7.16. The topological polar surface area (TPSA) is 37.8 Å². The third-order valence-corrected chi connectivity index (χ3v) is 4.20. The Morgan fingerprint density at radius 2 is 1.95 bits per heavy atom. The molecule has 0 spiro atoms. The Balaban J connectivity index is 2.03. The maximum atomic E-state index is 4.78. The van der Waals surface area contributed by atoms with Gasteiger partial charge < -0.3 is 5.32 Å². The lowest BCUT2D eigenvalue weighted by Crippen LogP contribution is -2.07. The minimum Gasteiger partial charge on any atom is -0.369 e. The van der Waals surface area contributed by atoms with E-state index in [-0.39, 0.29) is 0 Å². The number of nitrogens with one attached hydrogen (secondary N) is 1. The Morgan fingerprint density at radius 3 is 2.60 bits per heavy atom. The van der Waals surface area contributed by atoms with E-state index in [4.69, 9.17) is 4.98 Å². The minimum atomic E-state index is 0.594. The summed E-state index contributed by atoms with van der Waals surface area (Å²) < 4.78 is 1.04. The molecule has 1 aliphatic rings. The van der Waals surface area contributed by atoms with Crippen molar-refractivity contribution in [2.24, 2.45) is 0 Å². The Bertz CT molecular complexity index is 594. The van der Waals surface area contributed by atoms with E-state index >= 15 is 0 Å². The summed E-state index contributed by atoms with van der Waals surface area (Å²) in [6.07, 6.45) is 3.55. The maximum Gasteiger partial charge on any atom is 0.161 e. The first-order chi connectivity index (χ1) is 9.79. The molecule has 3 nitrogen and oxygen atoms in total. The van der Waals surface area contributed by atoms with Gasteiger partial charge in [0.25, 0.3) is 0 Å². The second-order valence-corrected chi connectivity index (χ2v) is 5.96. The lowest BCUT2D eigenvalue weighted by Gasteiger charge is -2.12. The first kappa shape index (κ1) is 13.6. The minimum absolute atomic E-state index is 0.594. The van der Waals surface area contributed by atoms with Crippen LogP contribution in [0.5, 0.6) is 0 Å².